The zero-order valence-electron chi connectivity index (χ0n) is 9.72. The number of hydrogen-bond acceptors (Lipinski definition) is 5. The Morgan fingerprint density at radius 3 is 2.06 bits per heavy atom. The van der Waals surface area contributed by atoms with Gasteiger partial charge < -0.3 is 5.73 Å². The molecule has 0 aromatic rings. The number of nitrogens with zero attached hydrogens (tertiary/aromatic N) is 1. The summed E-state index contributed by atoms with van der Waals surface area (Å²) in [6.45, 7) is 2.83. The van der Waals surface area contributed by atoms with Crippen LogP contribution in [-0.2, 0) is 19.9 Å². The van der Waals surface area contributed by atoms with E-state index in [1.165, 1.54) is 4.31 Å². The van der Waals surface area contributed by atoms with E-state index < -0.39 is 24.9 Å². The van der Waals surface area contributed by atoms with Gasteiger partial charge in [-0.25, -0.2) is 21.1 Å². The Morgan fingerprint density at radius 2 is 1.69 bits per heavy atom. The SMILES string of the molecule is CCCN(CCCN)S(=O)(=O)CS(C)(=O)=O. The minimum atomic E-state index is -3.72. The second-order valence-corrected chi connectivity index (χ2v) is 8.17. The number of nitrogens with two attached hydrogens (primary N) is 1. The Balaban J connectivity index is 4.75. The summed E-state index contributed by atoms with van der Waals surface area (Å²) in [5, 5.41) is -0.829. The van der Waals surface area contributed by atoms with Crippen LogP contribution >= 0.6 is 0 Å². The number of rotatable bonds is 8. The first-order valence-electron chi connectivity index (χ1n) is 5.08. The van der Waals surface area contributed by atoms with Crippen LogP contribution in [0.1, 0.15) is 19.8 Å². The molecule has 0 amide bonds. The van der Waals surface area contributed by atoms with Crippen molar-refractivity contribution in [3.05, 3.63) is 0 Å². The highest BCUT2D eigenvalue weighted by Gasteiger charge is 2.25. The fraction of sp³-hybridized carbons (Fsp3) is 1.00. The van der Waals surface area contributed by atoms with Crippen molar-refractivity contribution in [3.8, 4) is 0 Å². The molecular formula is C8H20N2O4S2. The van der Waals surface area contributed by atoms with Gasteiger partial charge >= 0.3 is 0 Å². The second-order valence-electron chi connectivity index (χ2n) is 3.70. The van der Waals surface area contributed by atoms with Crippen LogP contribution in [0.25, 0.3) is 0 Å². The van der Waals surface area contributed by atoms with Crippen LogP contribution in [0.3, 0.4) is 0 Å². The minimum Gasteiger partial charge on any atom is -0.330 e. The Kier molecular flexibility index (Phi) is 6.46. The molecular weight excluding hydrogens is 252 g/mol. The van der Waals surface area contributed by atoms with Crippen LogP contribution in [-0.4, -0.2) is 52.1 Å². The van der Waals surface area contributed by atoms with E-state index in [2.05, 4.69) is 0 Å². The highest BCUT2D eigenvalue weighted by molar-refractivity contribution is 8.06. The van der Waals surface area contributed by atoms with Crippen molar-refractivity contribution < 1.29 is 16.8 Å². The number of hydrogen-bond donors (Lipinski definition) is 1. The van der Waals surface area contributed by atoms with Crippen LogP contribution in [0.15, 0.2) is 0 Å². The predicted molar refractivity (Wildman–Crippen MR) is 64.2 cm³/mol. The van der Waals surface area contributed by atoms with Crippen molar-refractivity contribution >= 4 is 19.9 Å². The van der Waals surface area contributed by atoms with Gasteiger partial charge in [0, 0.05) is 19.3 Å². The molecule has 8 heteroatoms. The maximum Gasteiger partial charge on any atom is 0.228 e. The topological polar surface area (TPSA) is 97.5 Å². The molecule has 0 saturated heterocycles. The van der Waals surface area contributed by atoms with Gasteiger partial charge in [0.15, 0.2) is 14.9 Å². The number of sulfone groups is 1. The van der Waals surface area contributed by atoms with E-state index in [0.29, 0.717) is 25.9 Å². The fourth-order valence-electron chi connectivity index (χ4n) is 1.25. The average molecular weight is 272 g/mol. The molecule has 0 bridgehead atoms. The summed E-state index contributed by atoms with van der Waals surface area (Å²) in [5.74, 6) is 0. The Morgan fingerprint density at radius 1 is 1.12 bits per heavy atom. The Bertz CT molecular complexity index is 388. The van der Waals surface area contributed by atoms with Crippen LogP contribution in [0.5, 0.6) is 0 Å². The number of sulfonamides is 1. The molecule has 2 N–H and O–H groups in total. The largest absolute Gasteiger partial charge is 0.330 e. The monoisotopic (exact) mass is 272 g/mol. The summed E-state index contributed by atoms with van der Waals surface area (Å²) in [4.78, 5) is 0. The third-order valence-corrected chi connectivity index (χ3v) is 5.90. The molecule has 0 aromatic heterocycles. The third kappa shape index (κ3) is 6.41. The van der Waals surface area contributed by atoms with Crippen LogP contribution in [0, 0.1) is 0 Å². The molecule has 0 rings (SSSR count). The molecule has 0 aliphatic heterocycles. The normalized spacial score (nSPS) is 13.2. The summed E-state index contributed by atoms with van der Waals surface area (Å²) < 4.78 is 46.7. The first kappa shape index (κ1) is 15.8. The van der Waals surface area contributed by atoms with Crippen molar-refractivity contribution in [1.29, 1.82) is 0 Å². The Hall–Kier alpha value is -0.180. The second kappa shape index (κ2) is 6.53. The van der Waals surface area contributed by atoms with E-state index in [-0.39, 0.29) is 6.54 Å². The summed E-state index contributed by atoms with van der Waals surface area (Å²) in [6, 6.07) is 0. The molecule has 0 aliphatic carbocycles. The molecule has 0 aromatic carbocycles. The van der Waals surface area contributed by atoms with Gasteiger partial charge in [-0.2, -0.15) is 0 Å². The average Bonchev–Trinajstić information content (AvgIpc) is 2.07. The third-order valence-electron chi connectivity index (χ3n) is 1.84. The van der Waals surface area contributed by atoms with Crippen molar-refractivity contribution in [3.63, 3.8) is 0 Å². The molecule has 0 aliphatic rings. The van der Waals surface area contributed by atoms with E-state index in [0.717, 1.165) is 6.26 Å². The summed E-state index contributed by atoms with van der Waals surface area (Å²) in [6.07, 6.45) is 2.09. The van der Waals surface area contributed by atoms with Crippen LogP contribution < -0.4 is 5.73 Å². The molecule has 0 saturated carbocycles. The molecule has 0 fully saturated rings. The zero-order valence-corrected chi connectivity index (χ0v) is 11.3. The van der Waals surface area contributed by atoms with Gasteiger partial charge in [-0.05, 0) is 19.4 Å². The molecule has 98 valence electrons. The maximum absolute atomic E-state index is 11.7. The van der Waals surface area contributed by atoms with Crippen LogP contribution in [0.4, 0.5) is 0 Å². The first-order valence-corrected chi connectivity index (χ1v) is 8.75. The lowest BCUT2D eigenvalue weighted by atomic mass is 10.4. The summed E-state index contributed by atoms with van der Waals surface area (Å²) in [5.41, 5.74) is 5.30. The summed E-state index contributed by atoms with van der Waals surface area (Å²) >= 11 is 0. The lowest BCUT2D eigenvalue weighted by Crippen LogP contribution is -2.37. The van der Waals surface area contributed by atoms with Gasteiger partial charge in [0.25, 0.3) is 0 Å². The standard InChI is InChI=1S/C8H20N2O4S2/c1-3-6-10(7-4-5-9)16(13,14)8-15(2,11)12/h3-9H2,1-2H3. The summed E-state index contributed by atoms with van der Waals surface area (Å²) in [7, 11) is -7.26. The van der Waals surface area contributed by atoms with E-state index >= 15 is 0 Å². The molecule has 0 spiro atoms. The minimum absolute atomic E-state index is 0.280. The van der Waals surface area contributed by atoms with Crippen molar-refractivity contribution in [1.82, 2.24) is 4.31 Å². The molecule has 6 nitrogen and oxygen atoms in total. The molecule has 0 atom stereocenters. The van der Waals surface area contributed by atoms with Gasteiger partial charge in [-0.15, -0.1) is 0 Å². The van der Waals surface area contributed by atoms with Gasteiger partial charge in [-0.1, -0.05) is 6.92 Å². The lowest BCUT2D eigenvalue weighted by molar-refractivity contribution is 0.408. The van der Waals surface area contributed by atoms with E-state index in [1.54, 1.807) is 0 Å². The first-order chi connectivity index (χ1) is 7.23. The fourth-order valence-corrected chi connectivity index (χ4v) is 4.88. The smallest absolute Gasteiger partial charge is 0.228 e. The van der Waals surface area contributed by atoms with E-state index in [9.17, 15) is 16.8 Å². The van der Waals surface area contributed by atoms with Crippen molar-refractivity contribution in [2.24, 2.45) is 5.73 Å². The van der Waals surface area contributed by atoms with Crippen molar-refractivity contribution in [2.75, 3.05) is 31.0 Å². The molecule has 0 unspecified atom stereocenters. The maximum atomic E-state index is 11.7. The van der Waals surface area contributed by atoms with Gasteiger partial charge in [-0.3, -0.25) is 0 Å². The van der Waals surface area contributed by atoms with E-state index in [1.807, 2.05) is 6.92 Å². The highest BCUT2D eigenvalue weighted by atomic mass is 32.3. The molecule has 0 radical (unpaired) electrons. The molecule has 16 heavy (non-hydrogen) atoms. The van der Waals surface area contributed by atoms with Gasteiger partial charge in [0.1, 0.15) is 0 Å². The van der Waals surface area contributed by atoms with Gasteiger partial charge in [0.2, 0.25) is 10.0 Å². The van der Waals surface area contributed by atoms with Crippen LogP contribution in [0.2, 0.25) is 0 Å². The Labute approximate surface area is 97.8 Å². The molecule has 0 heterocycles. The highest BCUT2D eigenvalue weighted by Crippen LogP contribution is 2.06. The van der Waals surface area contributed by atoms with Gasteiger partial charge in [0.05, 0.1) is 0 Å². The zero-order chi connectivity index (χ0) is 12.8. The predicted octanol–water partition coefficient (Wildman–Crippen LogP) is -0.621. The quantitative estimate of drug-likeness (QED) is 0.635. The lowest BCUT2D eigenvalue weighted by Gasteiger charge is -2.20. The van der Waals surface area contributed by atoms with Crippen molar-refractivity contribution in [2.45, 2.75) is 19.8 Å². The van der Waals surface area contributed by atoms with E-state index in [4.69, 9.17) is 5.73 Å².